The molecule has 0 unspecified atom stereocenters. The number of sulfonamides is 1. The number of nitrogens with one attached hydrogen (secondary N) is 1. The number of rotatable bonds is 8. The predicted octanol–water partition coefficient (Wildman–Crippen LogP) is 1.62. The topological polar surface area (TPSA) is 105 Å². The van der Waals surface area contributed by atoms with E-state index in [2.05, 4.69) is 18.6 Å². The van der Waals surface area contributed by atoms with Gasteiger partial charge in [-0.3, -0.25) is 9.59 Å². The van der Waals surface area contributed by atoms with E-state index in [0.717, 1.165) is 12.8 Å². The second kappa shape index (κ2) is 11.0. The van der Waals surface area contributed by atoms with Gasteiger partial charge in [0.05, 0.1) is 18.1 Å². The lowest BCUT2D eigenvalue weighted by molar-refractivity contribution is -0.139. The number of nitrogens with zero attached hydrogens (tertiary/aromatic N) is 2. The number of hydrogen-bond acceptors (Lipinski definition) is 6. The number of carbonyl (C=O) groups is 2. The summed E-state index contributed by atoms with van der Waals surface area (Å²) in [4.78, 5) is 28.3. The fraction of sp³-hybridized carbons (Fsp3) is 0.636. The first-order valence-electron chi connectivity index (χ1n) is 11.2. The lowest BCUT2D eigenvalue weighted by atomic mass is 10.1. The summed E-state index contributed by atoms with van der Waals surface area (Å²) in [6, 6.07) is 4.50. The lowest BCUT2D eigenvalue weighted by Gasteiger charge is -2.35. The van der Waals surface area contributed by atoms with E-state index in [-0.39, 0.29) is 29.7 Å². The standard InChI is InChI=1S/C22H33N3O6S/c1-17(2)4-7-21(26)24-10-12-25(13-11-24)22(27)8-9-23-32(28,29)18-5-6-19-20(16-18)31-15-3-14-30-19/h5-6,16-17,23H,3-4,7-15H2,1-2H3. The summed E-state index contributed by atoms with van der Waals surface area (Å²) < 4.78 is 38.8. The molecule has 1 saturated heterocycles. The average molecular weight is 468 g/mol. The van der Waals surface area contributed by atoms with Crippen LogP contribution in [0.15, 0.2) is 23.1 Å². The van der Waals surface area contributed by atoms with E-state index in [1.165, 1.54) is 12.1 Å². The first-order valence-corrected chi connectivity index (χ1v) is 12.7. The largest absolute Gasteiger partial charge is 0.490 e. The van der Waals surface area contributed by atoms with Crippen LogP contribution in [0.25, 0.3) is 0 Å². The van der Waals surface area contributed by atoms with Crippen molar-refractivity contribution in [3.63, 3.8) is 0 Å². The molecule has 2 heterocycles. The van der Waals surface area contributed by atoms with E-state index in [4.69, 9.17) is 9.47 Å². The first-order chi connectivity index (χ1) is 15.3. The van der Waals surface area contributed by atoms with Crippen molar-refractivity contribution in [2.24, 2.45) is 5.92 Å². The summed E-state index contributed by atoms with van der Waals surface area (Å²) in [6.07, 6.45) is 2.19. The Hall–Kier alpha value is -2.33. The van der Waals surface area contributed by atoms with E-state index in [0.29, 0.717) is 63.2 Å². The molecular formula is C22H33N3O6S. The van der Waals surface area contributed by atoms with Crippen LogP contribution in [-0.4, -0.2) is 76.0 Å². The molecule has 0 aromatic heterocycles. The van der Waals surface area contributed by atoms with Gasteiger partial charge in [0.2, 0.25) is 21.8 Å². The summed E-state index contributed by atoms with van der Waals surface area (Å²) in [5.74, 6) is 1.42. The zero-order valence-electron chi connectivity index (χ0n) is 18.8. The molecular weight excluding hydrogens is 434 g/mol. The number of amides is 2. The molecule has 3 rings (SSSR count). The molecule has 2 aliphatic heterocycles. The van der Waals surface area contributed by atoms with Crippen LogP contribution in [0.5, 0.6) is 11.5 Å². The predicted molar refractivity (Wildman–Crippen MR) is 119 cm³/mol. The lowest BCUT2D eigenvalue weighted by Crippen LogP contribution is -2.51. The maximum Gasteiger partial charge on any atom is 0.240 e. The Morgan fingerprint density at radius 3 is 2.19 bits per heavy atom. The van der Waals surface area contributed by atoms with Gasteiger partial charge in [-0.2, -0.15) is 0 Å². The van der Waals surface area contributed by atoms with E-state index >= 15 is 0 Å². The Morgan fingerprint density at radius 1 is 0.969 bits per heavy atom. The Bertz CT molecular complexity index is 910. The fourth-order valence-corrected chi connectivity index (χ4v) is 4.67. The Labute approximate surface area is 190 Å². The van der Waals surface area contributed by atoms with Crippen molar-refractivity contribution in [1.29, 1.82) is 0 Å². The van der Waals surface area contributed by atoms with Crippen LogP contribution in [0, 0.1) is 5.92 Å². The van der Waals surface area contributed by atoms with E-state index in [1.807, 2.05) is 0 Å². The average Bonchev–Trinajstić information content (AvgIpc) is 3.02. The second-order valence-corrected chi connectivity index (χ2v) is 10.3. The van der Waals surface area contributed by atoms with Gasteiger partial charge in [0, 0.05) is 58.1 Å². The third-order valence-electron chi connectivity index (χ3n) is 5.58. The molecule has 10 heteroatoms. The third-order valence-corrected chi connectivity index (χ3v) is 7.04. The SMILES string of the molecule is CC(C)CCC(=O)N1CCN(C(=O)CCNS(=O)(=O)c2ccc3c(c2)OCCCO3)CC1. The molecule has 2 amide bonds. The van der Waals surface area contributed by atoms with Gasteiger partial charge in [0.1, 0.15) is 0 Å². The van der Waals surface area contributed by atoms with Crippen molar-refractivity contribution in [3.8, 4) is 11.5 Å². The number of hydrogen-bond donors (Lipinski definition) is 1. The molecule has 1 aromatic carbocycles. The van der Waals surface area contributed by atoms with Gasteiger partial charge in [0.25, 0.3) is 0 Å². The van der Waals surface area contributed by atoms with Crippen molar-refractivity contribution in [2.45, 2.75) is 44.4 Å². The summed E-state index contributed by atoms with van der Waals surface area (Å²) in [7, 11) is -3.77. The van der Waals surface area contributed by atoms with E-state index < -0.39 is 10.0 Å². The van der Waals surface area contributed by atoms with Crippen LogP contribution in [0.3, 0.4) is 0 Å². The quantitative estimate of drug-likeness (QED) is 0.623. The molecule has 178 valence electrons. The van der Waals surface area contributed by atoms with Crippen LogP contribution in [-0.2, 0) is 19.6 Å². The molecule has 0 saturated carbocycles. The molecule has 1 N–H and O–H groups in total. The van der Waals surface area contributed by atoms with Crippen molar-refractivity contribution in [3.05, 3.63) is 18.2 Å². The highest BCUT2D eigenvalue weighted by atomic mass is 32.2. The van der Waals surface area contributed by atoms with Gasteiger partial charge in [-0.1, -0.05) is 13.8 Å². The number of carbonyl (C=O) groups excluding carboxylic acids is 2. The van der Waals surface area contributed by atoms with Crippen LogP contribution >= 0.6 is 0 Å². The molecule has 0 aliphatic carbocycles. The second-order valence-electron chi connectivity index (χ2n) is 8.50. The summed E-state index contributed by atoms with van der Waals surface area (Å²) in [5, 5.41) is 0. The summed E-state index contributed by atoms with van der Waals surface area (Å²) >= 11 is 0. The van der Waals surface area contributed by atoms with Crippen molar-refractivity contribution in [1.82, 2.24) is 14.5 Å². The molecule has 9 nitrogen and oxygen atoms in total. The number of fused-ring (bicyclic) bond motifs is 1. The van der Waals surface area contributed by atoms with Gasteiger partial charge >= 0.3 is 0 Å². The normalized spacial score (nSPS) is 16.7. The monoisotopic (exact) mass is 467 g/mol. The Morgan fingerprint density at radius 2 is 1.56 bits per heavy atom. The molecule has 2 aliphatic rings. The Kier molecular flexibility index (Phi) is 8.36. The minimum atomic E-state index is -3.77. The minimum Gasteiger partial charge on any atom is -0.490 e. The maximum atomic E-state index is 12.6. The van der Waals surface area contributed by atoms with Gasteiger partial charge < -0.3 is 19.3 Å². The maximum absolute atomic E-state index is 12.6. The van der Waals surface area contributed by atoms with Crippen molar-refractivity contribution < 1.29 is 27.5 Å². The molecule has 0 bridgehead atoms. The molecule has 32 heavy (non-hydrogen) atoms. The summed E-state index contributed by atoms with van der Waals surface area (Å²) in [5.41, 5.74) is 0. The van der Waals surface area contributed by atoms with Crippen LogP contribution in [0.1, 0.15) is 39.5 Å². The number of piperazine rings is 1. The van der Waals surface area contributed by atoms with Crippen LogP contribution in [0.4, 0.5) is 0 Å². The smallest absolute Gasteiger partial charge is 0.240 e. The van der Waals surface area contributed by atoms with Crippen LogP contribution in [0.2, 0.25) is 0 Å². The number of benzene rings is 1. The highest BCUT2D eigenvalue weighted by Gasteiger charge is 2.24. The third kappa shape index (κ3) is 6.59. The minimum absolute atomic E-state index is 0.00312. The van der Waals surface area contributed by atoms with E-state index in [1.54, 1.807) is 15.9 Å². The van der Waals surface area contributed by atoms with Gasteiger partial charge in [-0.15, -0.1) is 0 Å². The zero-order valence-corrected chi connectivity index (χ0v) is 19.7. The number of ether oxygens (including phenoxy) is 2. The highest BCUT2D eigenvalue weighted by Crippen LogP contribution is 2.31. The van der Waals surface area contributed by atoms with Gasteiger partial charge in [0.15, 0.2) is 11.5 Å². The van der Waals surface area contributed by atoms with Gasteiger partial charge in [-0.25, -0.2) is 13.1 Å². The molecule has 1 aromatic rings. The molecule has 0 spiro atoms. The molecule has 0 atom stereocenters. The molecule has 0 radical (unpaired) electrons. The van der Waals surface area contributed by atoms with E-state index in [9.17, 15) is 18.0 Å². The Balaban J connectivity index is 1.44. The zero-order chi connectivity index (χ0) is 23.1. The van der Waals surface area contributed by atoms with Crippen molar-refractivity contribution >= 4 is 21.8 Å². The van der Waals surface area contributed by atoms with Gasteiger partial charge in [-0.05, 0) is 24.5 Å². The van der Waals surface area contributed by atoms with Crippen molar-refractivity contribution in [2.75, 3.05) is 45.9 Å². The highest BCUT2D eigenvalue weighted by molar-refractivity contribution is 7.89. The fourth-order valence-electron chi connectivity index (χ4n) is 3.62. The first kappa shape index (κ1) is 24.3. The molecule has 1 fully saturated rings. The van der Waals surface area contributed by atoms with Crippen LogP contribution < -0.4 is 14.2 Å². The summed E-state index contributed by atoms with van der Waals surface area (Å²) in [6.45, 7) is 7.16.